The SMILES string of the molecule is C/C=C(\C#N)C(=O)N1CCC[C@@H](n2nc(-c3ccc(NC(=O)c4ccc(C(F)(F)F)cc4)cc3)c3c(N)ncnc32)C1. The molecule has 2 amide bonds. The first-order valence-corrected chi connectivity index (χ1v) is 13.0. The minimum absolute atomic E-state index is 0.0815. The number of hydrogen-bond donors (Lipinski definition) is 2. The number of halogens is 3. The van der Waals surface area contributed by atoms with Crippen molar-refractivity contribution in [3.05, 3.63) is 77.6 Å². The third kappa shape index (κ3) is 5.51. The number of nitriles is 1. The first-order chi connectivity index (χ1) is 20.1. The topological polar surface area (TPSA) is 143 Å². The van der Waals surface area contributed by atoms with E-state index in [1.807, 2.05) is 6.07 Å². The number of nitrogens with one attached hydrogen (secondary N) is 1. The zero-order valence-corrected chi connectivity index (χ0v) is 22.4. The molecule has 0 aliphatic carbocycles. The van der Waals surface area contributed by atoms with Crippen molar-refractivity contribution in [1.29, 1.82) is 5.26 Å². The van der Waals surface area contributed by atoms with Gasteiger partial charge in [0.2, 0.25) is 0 Å². The van der Waals surface area contributed by atoms with Crippen LogP contribution in [0.3, 0.4) is 0 Å². The average molecular weight is 575 g/mol. The van der Waals surface area contributed by atoms with Crippen LogP contribution in [0.2, 0.25) is 0 Å². The highest BCUT2D eigenvalue weighted by Crippen LogP contribution is 2.34. The van der Waals surface area contributed by atoms with Crippen LogP contribution in [0.5, 0.6) is 0 Å². The van der Waals surface area contributed by atoms with E-state index in [0.717, 1.165) is 30.7 Å². The summed E-state index contributed by atoms with van der Waals surface area (Å²) in [5.41, 5.74) is 7.68. The Morgan fingerprint density at radius 1 is 1.12 bits per heavy atom. The number of anilines is 2. The lowest BCUT2D eigenvalue weighted by Gasteiger charge is -2.32. The third-order valence-corrected chi connectivity index (χ3v) is 7.08. The van der Waals surface area contributed by atoms with Crippen molar-refractivity contribution in [3.63, 3.8) is 0 Å². The number of benzene rings is 2. The number of hydrogen-bond acceptors (Lipinski definition) is 7. The van der Waals surface area contributed by atoms with Gasteiger partial charge in [0.25, 0.3) is 11.8 Å². The maximum absolute atomic E-state index is 12.8. The Bertz CT molecular complexity index is 1720. The lowest BCUT2D eigenvalue weighted by atomic mass is 10.0. The molecule has 42 heavy (non-hydrogen) atoms. The van der Waals surface area contributed by atoms with Crippen LogP contribution in [0.4, 0.5) is 24.7 Å². The van der Waals surface area contributed by atoms with Crippen LogP contribution in [0.25, 0.3) is 22.3 Å². The monoisotopic (exact) mass is 574 g/mol. The summed E-state index contributed by atoms with van der Waals surface area (Å²) in [6.07, 6.45) is -0.201. The number of piperidine rings is 1. The van der Waals surface area contributed by atoms with E-state index in [1.165, 1.54) is 12.4 Å². The van der Waals surface area contributed by atoms with Crippen molar-refractivity contribution in [2.75, 3.05) is 24.1 Å². The summed E-state index contributed by atoms with van der Waals surface area (Å²) in [4.78, 5) is 35.6. The van der Waals surface area contributed by atoms with Gasteiger partial charge in [-0.25, -0.2) is 14.6 Å². The van der Waals surface area contributed by atoms with Crippen molar-refractivity contribution in [2.24, 2.45) is 0 Å². The van der Waals surface area contributed by atoms with Gasteiger partial charge in [-0.1, -0.05) is 18.2 Å². The first-order valence-electron chi connectivity index (χ1n) is 13.0. The lowest BCUT2D eigenvalue weighted by Crippen LogP contribution is -2.41. The Balaban J connectivity index is 1.40. The Morgan fingerprint density at radius 3 is 2.48 bits per heavy atom. The molecule has 0 bridgehead atoms. The number of aromatic nitrogens is 4. The summed E-state index contributed by atoms with van der Waals surface area (Å²) < 4.78 is 40.2. The van der Waals surface area contributed by atoms with Gasteiger partial charge < -0.3 is 16.0 Å². The highest BCUT2D eigenvalue weighted by molar-refractivity contribution is 6.04. The molecule has 10 nitrogen and oxygen atoms in total. The number of nitrogen functional groups attached to an aromatic ring is 1. The second-order valence-electron chi connectivity index (χ2n) is 9.72. The molecule has 3 N–H and O–H groups in total. The molecule has 1 aliphatic rings. The lowest BCUT2D eigenvalue weighted by molar-refractivity contribution is -0.137. The summed E-state index contributed by atoms with van der Waals surface area (Å²) in [5, 5.41) is 17.3. The number of nitrogens with zero attached hydrogens (tertiary/aromatic N) is 6. The highest BCUT2D eigenvalue weighted by Gasteiger charge is 2.31. The first kappa shape index (κ1) is 28.3. The highest BCUT2D eigenvalue weighted by atomic mass is 19.4. The van der Waals surface area contributed by atoms with Gasteiger partial charge >= 0.3 is 6.18 Å². The van der Waals surface area contributed by atoms with Crippen molar-refractivity contribution >= 4 is 34.4 Å². The van der Waals surface area contributed by atoms with Crippen LogP contribution in [0, 0.1) is 11.3 Å². The normalized spacial score (nSPS) is 15.8. The number of alkyl halides is 3. The fourth-order valence-corrected chi connectivity index (χ4v) is 4.92. The zero-order chi connectivity index (χ0) is 30.0. The predicted octanol–water partition coefficient (Wildman–Crippen LogP) is 4.98. The van der Waals surface area contributed by atoms with E-state index >= 15 is 0 Å². The molecule has 5 rings (SSSR count). The van der Waals surface area contributed by atoms with Crippen molar-refractivity contribution in [2.45, 2.75) is 32.0 Å². The van der Waals surface area contributed by atoms with Gasteiger partial charge in [-0.2, -0.15) is 23.5 Å². The van der Waals surface area contributed by atoms with Gasteiger partial charge in [-0.05, 0) is 56.2 Å². The maximum Gasteiger partial charge on any atom is 0.416 e. The molecular weight excluding hydrogens is 549 g/mol. The van der Waals surface area contributed by atoms with Gasteiger partial charge in [0.1, 0.15) is 29.5 Å². The molecule has 1 aliphatic heterocycles. The number of carbonyl (C=O) groups is 2. The molecule has 214 valence electrons. The quantitative estimate of drug-likeness (QED) is 0.253. The van der Waals surface area contributed by atoms with E-state index in [0.29, 0.717) is 47.5 Å². The summed E-state index contributed by atoms with van der Waals surface area (Å²) >= 11 is 0. The Morgan fingerprint density at radius 2 is 1.83 bits per heavy atom. The van der Waals surface area contributed by atoms with Crippen LogP contribution in [0.1, 0.15) is 41.7 Å². The number of fused-ring (bicyclic) bond motifs is 1. The molecule has 1 atom stereocenters. The van der Waals surface area contributed by atoms with Crippen LogP contribution in [-0.4, -0.2) is 49.6 Å². The summed E-state index contributed by atoms with van der Waals surface area (Å²) in [6.45, 7) is 2.51. The number of nitrogens with two attached hydrogens (primary N) is 1. The minimum atomic E-state index is -4.49. The average Bonchev–Trinajstić information content (AvgIpc) is 3.39. The van der Waals surface area contributed by atoms with Gasteiger partial charge in [-0.3, -0.25) is 9.59 Å². The van der Waals surface area contributed by atoms with E-state index in [1.54, 1.807) is 40.8 Å². The number of allylic oxidation sites excluding steroid dienone is 1. The zero-order valence-electron chi connectivity index (χ0n) is 22.4. The Kier molecular flexibility index (Phi) is 7.62. The molecule has 0 radical (unpaired) electrons. The molecule has 2 aromatic heterocycles. The third-order valence-electron chi connectivity index (χ3n) is 7.08. The molecule has 2 aromatic carbocycles. The molecule has 4 aromatic rings. The molecule has 13 heteroatoms. The predicted molar refractivity (Wildman–Crippen MR) is 149 cm³/mol. The molecule has 0 unspecified atom stereocenters. The maximum atomic E-state index is 12.8. The molecule has 3 heterocycles. The number of likely N-dealkylation sites (tertiary alicyclic amines) is 1. The molecule has 0 saturated carbocycles. The van der Waals surface area contributed by atoms with Crippen LogP contribution in [-0.2, 0) is 11.0 Å². The van der Waals surface area contributed by atoms with E-state index < -0.39 is 17.6 Å². The number of carbonyl (C=O) groups excluding carboxylic acids is 2. The van der Waals surface area contributed by atoms with E-state index in [2.05, 4.69) is 15.3 Å². The van der Waals surface area contributed by atoms with Gasteiger partial charge in [0.05, 0.1) is 17.0 Å². The second kappa shape index (κ2) is 11.3. The fraction of sp³-hybridized carbons (Fsp3) is 0.241. The van der Waals surface area contributed by atoms with E-state index in [4.69, 9.17) is 10.8 Å². The minimum Gasteiger partial charge on any atom is -0.383 e. The van der Waals surface area contributed by atoms with Crippen LogP contribution in [0.15, 0.2) is 66.5 Å². The molecule has 1 fully saturated rings. The summed E-state index contributed by atoms with van der Waals surface area (Å²) in [6, 6.07) is 12.4. The largest absolute Gasteiger partial charge is 0.416 e. The molecular formula is C29H25F3N8O2. The summed E-state index contributed by atoms with van der Waals surface area (Å²) in [7, 11) is 0. The Labute approximate surface area is 238 Å². The second-order valence-corrected chi connectivity index (χ2v) is 9.72. The van der Waals surface area contributed by atoms with Crippen LogP contribution >= 0.6 is 0 Å². The number of rotatable bonds is 5. The van der Waals surface area contributed by atoms with Gasteiger partial charge in [0, 0.05) is 29.9 Å². The van der Waals surface area contributed by atoms with Crippen molar-refractivity contribution in [1.82, 2.24) is 24.6 Å². The van der Waals surface area contributed by atoms with Crippen molar-refractivity contribution in [3.8, 4) is 17.3 Å². The van der Waals surface area contributed by atoms with Crippen LogP contribution < -0.4 is 11.1 Å². The van der Waals surface area contributed by atoms with Gasteiger partial charge in [-0.15, -0.1) is 0 Å². The molecule has 1 saturated heterocycles. The van der Waals surface area contributed by atoms with Crippen molar-refractivity contribution < 1.29 is 22.8 Å². The summed E-state index contributed by atoms with van der Waals surface area (Å²) in [5.74, 6) is -0.660. The fourth-order valence-electron chi connectivity index (χ4n) is 4.92. The number of amides is 2. The van der Waals surface area contributed by atoms with Gasteiger partial charge in [0.15, 0.2) is 5.65 Å². The Hall–Kier alpha value is -5.25. The van der Waals surface area contributed by atoms with E-state index in [-0.39, 0.29) is 28.9 Å². The standard InChI is InChI=1S/C29H25F3N8O2/c1-2-17(14-33)28(42)39-13-3-4-22(15-39)40-26-23(25(34)35-16-36-26)24(38-40)18-7-11-21(12-8-18)37-27(41)19-5-9-20(10-6-19)29(30,31)32/h2,5-12,16,22H,3-4,13,15H2,1H3,(H,37,41)(H2,34,35,36)/b17-2+/t22-/m1/s1. The smallest absolute Gasteiger partial charge is 0.383 e. The van der Waals surface area contributed by atoms with E-state index in [9.17, 15) is 28.0 Å². The molecule has 0 spiro atoms.